The Morgan fingerprint density at radius 1 is 0.867 bits per heavy atom. The third-order valence-corrected chi connectivity index (χ3v) is 5.51. The van der Waals surface area contributed by atoms with E-state index >= 15 is 0 Å². The van der Waals surface area contributed by atoms with Crippen molar-refractivity contribution >= 4 is 21.6 Å². The normalized spacial score (nSPS) is 11.0. The molecule has 0 bridgehead atoms. The number of nitrogens with one attached hydrogen (secondary N) is 1. The van der Waals surface area contributed by atoms with Crippen molar-refractivity contribution in [3.8, 4) is 11.5 Å². The minimum Gasteiger partial charge on any atom is -0.457 e. The van der Waals surface area contributed by atoms with E-state index in [1.54, 1.807) is 24.3 Å². The lowest BCUT2D eigenvalue weighted by Crippen LogP contribution is -2.40. The first-order valence-corrected chi connectivity index (χ1v) is 11.4. The number of sulfonamides is 1. The molecule has 0 heterocycles. The molecule has 30 heavy (non-hydrogen) atoms. The number of carbonyl (C=O) groups excluding carboxylic acids is 1. The van der Waals surface area contributed by atoms with Crippen molar-refractivity contribution in [2.24, 2.45) is 0 Å². The summed E-state index contributed by atoms with van der Waals surface area (Å²) in [6.07, 6.45) is 1.76. The van der Waals surface area contributed by atoms with Crippen LogP contribution in [0.25, 0.3) is 0 Å². The van der Waals surface area contributed by atoms with Gasteiger partial charge in [-0.15, -0.1) is 0 Å². The summed E-state index contributed by atoms with van der Waals surface area (Å²) in [6.45, 7) is 0.150. The lowest BCUT2D eigenvalue weighted by Gasteiger charge is -2.22. The topological polar surface area (TPSA) is 75.7 Å². The van der Waals surface area contributed by atoms with Gasteiger partial charge in [-0.05, 0) is 48.4 Å². The molecule has 0 aliphatic rings. The Hall–Kier alpha value is -3.32. The third-order valence-electron chi connectivity index (χ3n) is 4.37. The molecule has 0 fully saturated rings. The van der Waals surface area contributed by atoms with Gasteiger partial charge in [0.25, 0.3) is 0 Å². The Kier molecular flexibility index (Phi) is 7.08. The first-order valence-electron chi connectivity index (χ1n) is 9.53. The van der Waals surface area contributed by atoms with Gasteiger partial charge < -0.3 is 10.1 Å². The summed E-state index contributed by atoms with van der Waals surface area (Å²) in [6, 6.07) is 25.6. The average Bonchev–Trinajstić information content (AvgIpc) is 2.73. The largest absolute Gasteiger partial charge is 0.457 e. The Morgan fingerprint density at radius 3 is 2.03 bits per heavy atom. The van der Waals surface area contributed by atoms with Gasteiger partial charge in [-0.1, -0.05) is 48.5 Å². The highest BCUT2D eigenvalue weighted by Gasteiger charge is 2.20. The Labute approximate surface area is 177 Å². The van der Waals surface area contributed by atoms with Crippen molar-refractivity contribution in [2.45, 2.75) is 6.42 Å². The van der Waals surface area contributed by atoms with Crippen molar-refractivity contribution in [2.75, 3.05) is 23.7 Å². The minimum absolute atomic E-state index is 0.285. The zero-order valence-electron chi connectivity index (χ0n) is 16.7. The van der Waals surface area contributed by atoms with Gasteiger partial charge in [0, 0.05) is 6.54 Å². The van der Waals surface area contributed by atoms with Gasteiger partial charge in [0.15, 0.2) is 0 Å². The highest BCUT2D eigenvalue weighted by atomic mass is 32.2. The summed E-state index contributed by atoms with van der Waals surface area (Å²) in [5.74, 6) is 0.898. The maximum absolute atomic E-state index is 12.3. The van der Waals surface area contributed by atoms with Crippen LogP contribution < -0.4 is 14.4 Å². The Morgan fingerprint density at radius 2 is 1.43 bits per heavy atom. The fourth-order valence-corrected chi connectivity index (χ4v) is 3.74. The summed E-state index contributed by atoms with van der Waals surface area (Å²) in [4.78, 5) is 12.3. The van der Waals surface area contributed by atoms with E-state index in [9.17, 15) is 13.2 Å². The molecule has 0 spiro atoms. The molecule has 0 unspecified atom stereocenters. The highest BCUT2D eigenvalue weighted by molar-refractivity contribution is 7.92. The first-order chi connectivity index (χ1) is 14.4. The summed E-state index contributed by atoms with van der Waals surface area (Å²) in [5.41, 5.74) is 1.50. The standard InChI is InChI=1S/C23H24N2O4S/c1-30(27,28)25(18-23(26)24-17-16-19-8-4-2-5-9-19)20-12-14-22(15-13-20)29-21-10-6-3-7-11-21/h2-15H,16-18H2,1H3,(H,24,26). The van der Waals surface area contributed by atoms with E-state index < -0.39 is 10.0 Å². The molecular formula is C23H24N2O4S. The molecule has 0 aliphatic carbocycles. The molecule has 6 nitrogen and oxygen atoms in total. The summed E-state index contributed by atoms with van der Waals surface area (Å²) >= 11 is 0. The van der Waals surface area contributed by atoms with Crippen molar-refractivity contribution in [3.63, 3.8) is 0 Å². The zero-order chi connectivity index (χ0) is 21.4. The molecule has 7 heteroatoms. The van der Waals surface area contributed by atoms with Gasteiger partial charge in [-0.25, -0.2) is 8.42 Å². The summed E-state index contributed by atoms with van der Waals surface area (Å²) < 4.78 is 31.3. The third kappa shape index (κ3) is 6.35. The second-order valence-corrected chi connectivity index (χ2v) is 8.67. The molecule has 156 valence electrons. The number of para-hydroxylation sites is 1. The molecule has 0 aliphatic heterocycles. The number of nitrogens with zero attached hydrogens (tertiary/aromatic N) is 1. The summed E-state index contributed by atoms with van der Waals surface area (Å²) in [5, 5.41) is 2.78. The lowest BCUT2D eigenvalue weighted by molar-refractivity contribution is -0.119. The molecule has 3 rings (SSSR count). The van der Waals surface area contributed by atoms with Gasteiger partial charge >= 0.3 is 0 Å². The highest BCUT2D eigenvalue weighted by Crippen LogP contribution is 2.25. The molecular weight excluding hydrogens is 400 g/mol. The number of hydrogen-bond donors (Lipinski definition) is 1. The van der Waals surface area contributed by atoms with E-state index in [0.717, 1.165) is 16.1 Å². The fraction of sp³-hybridized carbons (Fsp3) is 0.174. The Bertz CT molecular complexity index is 1050. The second-order valence-electron chi connectivity index (χ2n) is 6.76. The molecule has 0 saturated carbocycles. The SMILES string of the molecule is CS(=O)(=O)N(CC(=O)NCCc1ccccc1)c1ccc(Oc2ccccc2)cc1. The van der Waals surface area contributed by atoms with E-state index in [0.29, 0.717) is 30.2 Å². The van der Waals surface area contributed by atoms with Crippen LogP contribution in [0.4, 0.5) is 5.69 Å². The smallest absolute Gasteiger partial charge is 0.240 e. The maximum Gasteiger partial charge on any atom is 0.240 e. The van der Waals surface area contributed by atoms with Gasteiger partial charge in [0.05, 0.1) is 11.9 Å². The monoisotopic (exact) mass is 424 g/mol. The molecule has 3 aromatic carbocycles. The second kappa shape index (κ2) is 9.93. The van der Waals surface area contributed by atoms with Gasteiger partial charge in [0.1, 0.15) is 18.0 Å². The van der Waals surface area contributed by atoms with Crippen molar-refractivity contribution in [3.05, 3.63) is 90.5 Å². The molecule has 0 radical (unpaired) electrons. The van der Waals surface area contributed by atoms with Crippen LogP contribution in [0.2, 0.25) is 0 Å². The van der Waals surface area contributed by atoms with E-state index in [2.05, 4.69) is 5.32 Å². The summed E-state index contributed by atoms with van der Waals surface area (Å²) in [7, 11) is -3.63. The molecule has 0 atom stereocenters. The average molecular weight is 425 g/mol. The van der Waals surface area contributed by atoms with E-state index in [4.69, 9.17) is 4.74 Å². The van der Waals surface area contributed by atoms with Crippen LogP contribution in [0.1, 0.15) is 5.56 Å². The van der Waals surface area contributed by atoms with Crippen LogP contribution in [0, 0.1) is 0 Å². The number of anilines is 1. The number of benzene rings is 3. The maximum atomic E-state index is 12.3. The lowest BCUT2D eigenvalue weighted by atomic mass is 10.1. The van der Waals surface area contributed by atoms with Crippen LogP contribution in [0.15, 0.2) is 84.9 Å². The van der Waals surface area contributed by atoms with Gasteiger partial charge in [0.2, 0.25) is 15.9 Å². The first kappa shape index (κ1) is 21.4. The molecule has 3 aromatic rings. The van der Waals surface area contributed by atoms with E-state index in [1.165, 1.54) is 0 Å². The minimum atomic E-state index is -3.63. The number of carbonyl (C=O) groups is 1. The molecule has 1 amide bonds. The van der Waals surface area contributed by atoms with Crippen molar-refractivity contribution < 1.29 is 17.9 Å². The molecule has 1 N–H and O–H groups in total. The van der Waals surface area contributed by atoms with Crippen molar-refractivity contribution in [1.82, 2.24) is 5.32 Å². The van der Waals surface area contributed by atoms with Crippen LogP contribution in [-0.2, 0) is 21.2 Å². The molecule has 0 aromatic heterocycles. The molecule has 0 saturated heterocycles. The fourth-order valence-electron chi connectivity index (χ4n) is 2.88. The number of ether oxygens (including phenoxy) is 1. The van der Waals surface area contributed by atoms with E-state index in [1.807, 2.05) is 60.7 Å². The number of rotatable bonds is 9. The van der Waals surface area contributed by atoms with Crippen LogP contribution >= 0.6 is 0 Å². The predicted molar refractivity (Wildman–Crippen MR) is 118 cm³/mol. The van der Waals surface area contributed by atoms with E-state index in [-0.39, 0.29) is 12.5 Å². The predicted octanol–water partition coefficient (Wildman–Crippen LogP) is 3.60. The zero-order valence-corrected chi connectivity index (χ0v) is 17.5. The van der Waals surface area contributed by atoms with Gasteiger partial charge in [-0.2, -0.15) is 0 Å². The van der Waals surface area contributed by atoms with Crippen molar-refractivity contribution in [1.29, 1.82) is 0 Å². The quantitative estimate of drug-likeness (QED) is 0.569. The number of amides is 1. The number of hydrogen-bond acceptors (Lipinski definition) is 4. The Balaban J connectivity index is 1.61. The van der Waals surface area contributed by atoms with Gasteiger partial charge in [-0.3, -0.25) is 9.10 Å². The van der Waals surface area contributed by atoms with Crippen LogP contribution in [-0.4, -0.2) is 33.7 Å². The van der Waals surface area contributed by atoms with Crippen LogP contribution in [0.3, 0.4) is 0 Å². The van der Waals surface area contributed by atoms with Crippen LogP contribution in [0.5, 0.6) is 11.5 Å².